The highest BCUT2D eigenvalue weighted by Crippen LogP contribution is 2.40. The van der Waals surface area contributed by atoms with E-state index in [4.69, 9.17) is 20.9 Å². The summed E-state index contributed by atoms with van der Waals surface area (Å²) in [6, 6.07) is 21.8. The fourth-order valence-corrected chi connectivity index (χ4v) is 6.93. The van der Waals surface area contributed by atoms with Gasteiger partial charge in [-0.3, -0.25) is 34.1 Å². The predicted octanol–water partition coefficient (Wildman–Crippen LogP) is 3.18. The van der Waals surface area contributed by atoms with Crippen LogP contribution >= 0.6 is 0 Å². The summed E-state index contributed by atoms with van der Waals surface area (Å²) in [5.41, 5.74) is 17.1. The molecule has 0 saturated carbocycles. The van der Waals surface area contributed by atoms with Crippen molar-refractivity contribution in [3.63, 3.8) is 0 Å². The van der Waals surface area contributed by atoms with E-state index < -0.39 is 60.1 Å². The molecule has 0 spiro atoms. The van der Waals surface area contributed by atoms with Crippen molar-refractivity contribution in [2.45, 2.75) is 64.6 Å². The minimum absolute atomic E-state index is 0.0307. The molecule has 1 aliphatic rings. The van der Waals surface area contributed by atoms with Crippen molar-refractivity contribution < 1.29 is 38.2 Å². The van der Waals surface area contributed by atoms with E-state index in [-0.39, 0.29) is 32.7 Å². The van der Waals surface area contributed by atoms with Crippen LogP contribution in [0.15, 0.2) is 84.9 Å². The minimum atomic E-state index is -1.33. The fourth-order valence-electron chi connectivity index (χ4n) is 6.93. The molecular formula is C46H55N7O8. The summed E-state index contributed by atoms with van der Waals surface area (Å²) in [7, 11) is 1.42. The standard InChI is InChI=1S/C46H55N7O8/c1-5-6-7-30-8-11-32(12-9-30)33-13-15-34(16-14-33)44(57)49-27-41(55)53(4)42-35-17-19-40(61-23-21-48)37(26-35)36-24-31(10-18-39(36)60-22-20-47)25-38(45(58)51-29(3)54)52-43(56)28(2)50-46(42)59/h8-19,24,26,28,38,42H,5-7,20-23,25,27,47-48H2,1-4H3,(H,49,57)(H,50,59)(H,52,56)(H,51,54,58)/t28-,38-,42-/m0/s1. The summed E-state index contributed by atoms with van der Waals surface area (Å²) in [6.07, 6.45) is 3.24. The van der Waals surface area contributed by atoms with Crippen molar-refractivity contribution >= 4 is 35.4 Å². The Morgan fingerprint density at radius 3 is 2.02 bits per heavy atom. The lowest BCUT2D eigenvalue weighted by atomic mass is 9.93. The van der Waals surface area contributed by atoms with E-state index in [0.717, 1.165) is 30.4 Å². The Hall–Kier alpha value is -6.58. The van der Waals surface area contributed by atoms with Gasteiger partial charge in [0.2, 0.25) is 29.5 Å². The molecule has 0 aromatic heterocycles. The zero-order valence-electron chi connectivity index (χ0n) is 35.0. The number of fused-ring (bicyclic) bond motifs is 5. The smallest absolute Gasteiger partial charge is 0.251 e. The summed E-state index contributed by atoms with van der Waals surface area (Å²) in [6.45, 7) is 5.05. The lowest BCUT2D eigenvalue weighted by molar-refractivity contribution is -0.140. The van der Waals surface area contributed by atoms with Gasteiger partial charge in [0, 0.05) is 50.2 Å². The number of nitrogens with two attached hydrogens (primary N) is 2. The number of amides is 6. The number of carbonyl (C=O) groups excluding carboxylic acids is 6. The van der Waals surface area contributed by atoms with Gasteiger partial charge in [0.1, 0.15) is 42.8 Å². The Labute approximate surface area is 355 Å². The van der Waals surface area contributed by atoms with Gasteiger partial charge in [-0.05, 0) is 84.0 Å². The molecule has 0 radical (unpaired) electrons. The predicted molar refractivity (Wildman–Crippen MR) is 231 cm³/mol. The molecule has 4 aromatic rings. The van der Waals surface area contributed by atoms with Crippen molar-refractivity contribution in [1.29, 1.82) is 0 Å². The van der Waals surface area contributed by atoms with Crippen LogP contribution in [-0.2, 0) is 36.8 Å². The molecule has 15 nitrogen and oxygen atoms in total. The average molecular weight is 834 g/mol. The largest absolute Gasteiger partial charge is 0.492 e. The number of aryl methyl sites for hydroxylation is 1. The van der Waals surface area contributed by atoms with Crippen LogP contribution < -0.4 is 42.2 Å². The summed E-state index contributed by atoms with van der Waals surface area (Å²) in [4.78, 5) is 81.3. The highest BCUT2D eigenvalue weighted by atomic mass is 16.5. The van der Waals surface area contributed by atoms with Gasteiger partial charge in [-0.15, -0.1) is 0 Å². The van der Waals surface area contributed by atoms with Crippen molar-refractivity contribution in [3.05, 3.63) is 107 Å². The third-order valence-corrected chi connectivity index (χ3v) is 10.2. The summed E-state index contributed by atoms with van der Waals surface area (Å²) in [5.74, 6) is -3.10. The highest BCUT2D eigenvalue weighted by Gasteiger charge is 2.33. The molecule has 1 heterocycles. The van der Waals surface area contributed by atoms with Crippen molar-refractivity contribution in [2.75, 3.05) is 39.9 Å². The molecule has 0 saturated heterocycles. The molecule has 0 fully saturated rings. The van der Waals surface area contributed by atoms with Crippen LogP contribution in [0.4, 0.5) is 0 Å². The molecule has 61 heavy (non-hydrogen) atoms. The maximum Gasteiger partial charge on any atom is 0.251 e. The first-order chi connectivity index (χ1) is 29.3. The monoisotopic (exact) mass is 833 g/mol. The van der Waals surface area contributed by atoms with Crippen LogP contribution in [0.5, 0.6) is 11.5 Å². The third kappa shape index (κ3) is 12.0. The lowest BCUT2D eigenvalue weighted by Gasteiger charge is -2.30. The van der Waals surface area contributed by atoms with Gasteiger partial charge < -0.3 is 41.8 Å². The van der Waals surface area contributed by atoms with Gasteiger partial charge >= 0.3 is 0 Å². The highest BCUT2D eigenvalue weighted by molar-refractivity contribution is 6.00. The zero-order chi connectivity index (χ0) is 44.1. The maximum atomic E-state index is 14.3. The van der Waals surface area contributed by atoms with Crippen LogP contribution in [-0.4, -0.2) is 92.3 Å². The number of likely N-dealkylation sites (N-methyl/N-ethyl adjacent to an activating group) is 1. The topological polar surface area (TPSA) is 224 Å². The number of ether oxygens (including phenoxy) is 2. The van der Waals surface area contributed by atoms with E-state index in [2.05, 4.69) is 52.5 Å². The lowest BCUT2D eigenvalue weighted by Crippen LogP contribution is -2.55. The molecule has 5 rings (SSSR count). The molecular weight excluding hydrogens is 779 g/mol. The van der Waals surface area contributed by atoms with Gasteiger partial charge in [0.15, 0.2) is 0 Å². The van der Waals surface area contributed by atoms with Crippen LogP contribution in [0.3, 0.4) is 0 Å². The van der Waals surface area contributed by atoms with Gasteiger partial charge in [-0.2, -0.15) is 0 Å². The number of carbonyl (C=O) groups is 6. The molecule has 6 amide bonds. The van der Waals surface area contributed by atoms with E-state index in [1.807, 2.05) is 12.1 Å². The average Bonchev–Trinajstić information content (AvgIpc) is 3.25. The number of unbranched alkanes of at least 4 members (excludes halogenated alkanes) is 1. The first-order valence-corrected chi connectivity index (χ1v) is 20.4. The quantitative estimate of drug-likeness (QED) is 0.103. The first kappa shape index (κ1) is 45.5. The number of hydrogen-bond acceptors (Lipinski definition) is 10. The second kappa shape index (κ2) is 21.6. The van der Waals surface area contributed by atoms with Gasteiger partial charge in [0.05, 0.1) is 6.54 Å². The van der Waals surface area contributed by atoms with Crippen LogP contribution in [0.1, 0.15) is 66.7 Å². The normalized spacial score (nSPS) is 16.3. The molecule has 8 N–H and O–H groups in total. The van der Waals surface area contributed by atoms with Crippen LogP contribution in [0.25, 0.3) is 22.3 Å². The third-order valence-electron chi connectivity index (χ3n) is 10.2. The molecule has 4 bridgehead atoms. The SMILES string of the molecule is CCCCc1ccc(-c2ccc(C(=O)NCC(=O)N(C)[C@@H]3C(=O)N[C@@H](C)C(=O)N[C@H](C(=O)NC(C)=O)Cc4ccc(OCCN)c(c4)-c4cc3ccc4OCCN)cc2)cc1. The summed E-state index contributed by atoms with van der Waals surface area (Å²) < 4.78 is 12.1. The van der Waals surface area contributed by atoms with Gasteiger partial charge in [-0.25, -0.2) is 0 Å². The molecule has 1 aliphatic heterocycles. The second-order valence-corrected chi connectivity index (χ2v) is 14.9. The fraction of sp³-hybridized carbons (Fsp3) is 0.348. The Balaban J connectivity index is 1.47. The Morgan fingerprint density at radius 1 is 0.803 bits per heavy atom. The summed E-state index contributed by atoms with van der Waals surface area (Å²) >= 11 is 0. The molecule has 0 aliphatic carbocycles. The van der Waals surface area contributed by atoms with Gasteiger partial charge in [-0.1, -0.05) is 61.9 Å². The molecule has 0 unspecified atom stereocenters. The summed E-state index contributed by atoms with van der Waals surface area (Å²) in [5, 5.41) is 10.2. The van der Waals surface area contributed by atoms with E-state index in [0.29, 0.717) is 39.3 Å². The van der Waals surface area contributed by atoms with Gasteiger partial charge in [0.25, 0.3) is 5.91 Å². The van der Waals surface area contributed by atoms with Crippen molar-refractivity contribution in [2.24, 2.45) is 11.5 Å². The second-order valence-electron chi connectivity index (χ2n) is 14.9. The van der Waals surface area contributed by atoms with Crippen molar-refractivity contribution in [1.82, 2.24) is 26.2 Å². The Kier molecular flexibility index (Phi) is 16.1. The molecule has 4 aromatic carbocycles. The number of nitrogens with one attached hydrogen (secondary N) is 4. The van der Waals surface area contributed by atoms with E-state index in [1.54, 1.807) is 48.5 Å². The van der Waals surface area contributed by atoms with E-state index >= 15 is 0 Å². The number of hydrogen-bond donors (Lipinski definition) is 6. The number of imide groups is 1. The molecule has 322 valence electrons. The van der Waals surface area contributed by atoms with Crippen LogP contribution in [0.2, 0.25) is 0 Å². The first-order valence-electron chi connectivity index (χ1n) is 20.4. The minimum Gasteiger partial charge on any atom is -0.492 e. The van der Waals surface area contributed by atoms with Crippen LogP contribution in [0, 0.1) is 0 Å². The molecule has 15 heteroatoms. The Bertz CT molecular complexity index is 2210. The molecule has 3 atom stereocenters. The maximum absolute atomic E-state index is 14.3. The van der Waals surface area contributed by atoms with E-state index in [1.165, 1.54) is 31.4 Å². The zero-order valence-corrected chi connectivity index (χ0v) is 35.0. The number of benzene rings is 4. The number of nitrogens with zero attached hydrogens (tertiary/aromatic N) is 1. The van der Waals surface area contributed by atoms with E-state index in [9.17, 15) is 28.8 Å². The number of rotatable bonds is 15. The Morgan fingerprint density at radius 2 is 1.41 bits per heavy atom. The van der Waals surface area contributed by atoms with Crippen molar-refractivity contribution in [3.8, 4) is 33.8 Å².